The summed E-state index contributed by atoms with van der Waals surface area (Å²) in [5.41, 5.74) is 0.0555. The Morgan fingerprint density at radius 3 is 2.74 bits per heavy atom. The van der Waals surface area contributed by atoms with Gasteiger partial charge in [-0.25, -0.2) is 4.98 Å². The summed E-state index contributed by atoms with van der Waals surface area (Å²) >= 11 is 0. The molecule has 8 heteroatoms. The molecule has 0 saturated carbocycles. The van der Waals surface area contributed by atoms with E-state index in [0.717, 1.165) is 37.6 Å². The number of aliphatic hydroxyl groups is 1. The first-order valence-electron chi connectivity index (χ1n) is 9.74. The van der Waals surface area contributed by atoms with Crippen LogP contribution in [0.3, 0.4) is 0 Å². The largest absolute Gasteiger partial charge is 0.461 e. The summed E-state index contributed by atoms with van der Waals surface area (Å²) in [6.45, 7) is 8.74. The molecule has 0 saturated heterocycles. The molecule has 0 aromatic carbocycles. The van der Waals surface area contributed by atoms with Gasteiger partial charge in [0.2, 0.25) is 5.82 Å². The summed E-state index contributed by atoms with van der Waals surface area (Å²) in [6.07, 6.45) is 5.08. The fraction of sp³-hybridized carbons (Fsp3) is 0.632. The first-order valence-corrected chi connectivity index (χ1v) is 9.74. The van der Waals surface area contributed by atoms with Crippen LogP contribution in [0.25, 0.3) is 11.6 Å². The number of aromatic nitrogens is 3. The molecule has 2 heterocycles. The van der Waals surface area contributed by atoms with E-state index >= 15 is 0 Å². The van der Waals surface area contributed by atoms with Crippen molar-refractivity contribution in [3.05, 3.63) is 24.2 Å². The highest BCUT2D eigenvalue weighted by atomic mass is 16.3. The van der Waals surface area contributed by atoms with Gasteiger partial charge in [-0.1, -0.05) is 13.8 Å². The topological polar surface area (TPSA) is 111 Å². The Balaban J connectivity index is 1.90. The average Bonchev–Trinajstić information content (AvgIpc) is 3.36. The molecule has 4 N–H and O–H groups in total. The molecule has 0 atom stereocenters. The molecule has 0 spiro atoms. The Morgan fingerprint density at radius 2 is 2.11 bits per heavy atom. The lowest BCUT2D eigenvalue weighted by molar-refractivity contribution is 0.175. The van der Waals surface area contributed by atoms with Crippen molar-refractivity contribution in [2.75, 3.05) is 26.2 Å². The molecule has 0 amide bonds. The van der Waals surface area contributed by atoms with E-state index < -0.39 is 0 Å². The smallest absolute Gasteiger partial charge is 0.216 e. The van der Waals surface area contributed by atoms with Gasteiger partial charge >= 0.3 is 0 Å². The molecule has 8 nitrogen and oxygen atoms in total. The van der Waals surface area contributed by atoms with Crippen molar-refractivity contribution in [2.45, 2.75) is 46.5 Å². The number of guanidine groups is 1. The summed E-state index contributed by atoms with van der Waals surface area (Å²) in [5.74, 6) is 2.80. The van der Waals surface area contributed by atoms with Crippen molar-refractivity contribution in [1.29, 1.82) is 0 Å². The van der Waals surface area contributed by atoms with Gasteiger partial charge in [0.25, 0.3) is 0 Å². The van der Waals surface area contributed by atoms with E-state index in [1.54, 1.807) is 6.26 Å². The monoisotopic (exact) mass is 376 g/mol. The maximum atomic E-state index is 9.37. The lowest BCUT2D eigenvalue weighted by Crippen LogP contribution is -2.39. The number of aliphatic hydroxyl groups excluding tert-OH is 1. The number of aliphatic imine (C=N–C) groups is 1. The zero-order valence-electron chi connectivity index (χ0n) is 16.6. The number of nitrogens with one attached hydrogen (secondary N) is 3. The molecule has 2 rings (SSSR count). The minimum Gasteiger partial charge on any atom is -0.461 e. The van der Waals surface area contributed by atoms with Crippen LogP contribution in [-0.4, -0.2) is 52.5 Å². The predicted octanol–water partition coefficient (Wildman–Crippen LogP) is 2.35. The summed E-state index contributed by atoms with van der Waals surface area (Å²) in [7, 11) is 0. The number of nitrogens with zero attached hydrogens (tertiary/aromatic N) is 3. The van der Waals surface area contributed by atoms with Crippen LogP contribution in [0, 0.1) is 5.41 Å². The molecule has 0 aliphatic rings. The molecular formula is C19H32N6O2. The van der Waals surface area contributed by atoms with E-state index in [0.29, 0.717) is 31.1 Å². The van der Waals surface area contributed by atoms with Crippen LogP contribution >= 0.6 is 0 Å². The second kappa shape index (κ2) is 10.7. The Morgan fingerprint density at radius 1 is 1.30 bits per heavy atom. The fourth-order valence-electron chi connectivity index (χ4n) is 2.95. The van der Waals surface area contributed by atoms with Crippen LogP contribution in [0.5, 0.6) is 0 Å². The molecule has 0 fully saturated rings. The first-order chi connectivity index (χ1) is 13.2. The molecule has 150 valence electrons. The van der Waals surface area contributed by atoms with Gasteiger partial charge in [-0.15, -0.1) is 0 Å². The van der Waals surface area contributed by atoms with Crippen LogP contribution in [0.15, 0.2) is 27.8 Å². The summed E-state index contributed by atoms with van der Waals surface area (Å²) in [5, 5.41) is 23.1. The standard InChI is InChI=1S/C19H32N6O2/c1-4-19(5-2,10-12-26)14-22-18(20-6-3)21-11-9-16-23-17(25-24-16)15-8-7-13-27-15/h7-8,13,26H,4-6,9-12,14H2,1-3H3,(H2,20,21,22)(H,23,24,25). The third-order valence-electron chi connectivity index (χ3n) is 4.99. The predicted molar refractivity (Wildman–Crippen MR) is 106 cm³/mol. The van der Waals surface area contributed by atoms with Gasteiger partial charge in [-0.3, -0.25) is 10.1 Å². The third-order valence-corrected chi connectivity index (χ3v) is 4.99. The Labute approximate surface area is 160 Å². The van der Waals surface area contributed by atoms with Gasteiger partial charge in [0.1, 0.15) is 5.82 Å². The SMILES string of the molecule is CCNC(=NCC(CC)(CC)CCO)NCCc1nc(-c2ccco2)n[nH]1. The van der Waals surface area contributed by atoms with Crippen molar-refractivity contribution in [1.82, 2.24) is 25.8 Å². The maximum Gasteiger partial charge on any atom is 0.216 e. The van der Waals surface area contributed by atoms with E-state index in [4.69, 9.17) is 9.41 Å². The number of hydrogen-bond acceptors (Lipinski definition) is 5. The molecule has 2 aromatic rings. The van der Waals surface area contributed by atoms with Gasteiger partial charge in [-0.05, 0) is 43.7 Å². The normalized spacial score (nSPS) is 12.4. The quantitative estimate of drug-likeness (QED) is 0.354. The van der Waals surface area contributed by atoms with Crippen LogP contribution < -0.4 is 10.6 Å². The van der Waals surface area contributed by atoms with E-state index in [-0.39, 0.29) is 12.0 Å². The van der Waals surface area contributed by atoms with E-state index in [9.17, 15) is 5.11 Å². The number of H-pyrrole nitrogens is 1. The minimum atomic E-state index is 0.0555. The Kier molecular flexibility index (Phi) is 8.32. The molecule has 0 unspecified atom stereocenters. The van der Waals surface area contributed by atoms with Gasteiger partial charge in [0.05, 0.1) is 6.26 Å². The number of aromatic amines is 1. The summed E-state index contributed by atoms with van der Waals surface area (Å²) in [4.78, 5) is 9.19. The zero-order valence-corrected chi connectivity index (χ0v) is 16.6. The minimum absolute atomic E-state index is 0.0555. The van der Waals surface area contributed by atoms with E-state index in [1.165, 1.54) is 0 Å². The highest BCUT2D eigenvalue weighted by molar-refractivity contribution is 5.79. The van der Waals surface area contributed by atoms with Gasteiger partial charge in [-0.2, -0.15) is 5.10 Å². The van der Waals surface area contributed by atoms with Gasteiger partial charge in [0.15, 0.2) is 11.7 Å². The molecule has 27 heavy (non-hydrogen) atoms. The molecule has 0 radical (unpaired) electrons. The van der Waals surface area contributed by atoms with Crippen molar-refractivity contribution in [3.8, 4) is 11.6 Å². The molecule has 0 bridgehead atoms. The highest BCUT2D eigenvalue weighted by Gasteiger charge is 2.25. The van der Waals surface area contributed by atoms with Crippen LogP contribution in [0.4, 0.5) is 0 Å². The number of rotatable bonds is 11. The average molecular weight is 377 g/mol. The van der Waals surface area contributed by atoms with Crippen molar-refractivity contribution < 1.29 is 9.52 Å². The van der Waals surface area contributed by atoms with Gasteiger partial charge in [0, 0.05) is 32.7 Å². The van der Waals surface area contributed by atoms with Crippen LogP contribution in [0.2, 0.25) is 0 Å². The third kappa shape index (κ3) is 6.09. The Hall–Kier alpha value is -2.35. The molecule has 0 aliphatic heterocycles. The second-order valence-corrected chi connectivity index (χ2v) is 6.64. The van der Waals surface area contributed by atoms with E-state index in [2.05, 4.69) is 39.7 Å². The molecule has 2 aromatic heterocycles. The van der Waals surface area contributed by atoms with E-state index in [1.807, 2.05) is 19.1 Å². The maximum absolute atomic E-state index is 9.37. The molecular weight excluding hydrogens is 344 g/mol. The number of hydrogen-bond donors (Lipinski definition) is 4. The Bertz CT molecular complexity index is 676. The second-order valence-electron chi connectivity index (χ2n) is 6.64. The lowest BCUT2D eigenvalue weighted by atomic mass is 9.79. The summed E-state index contributed by atoms with van der Waals surface area (Å²) < 4.78 is 5.30. The summed E-state index contributed by atoms with van der Waals surface area (Å²) in [6, 6.07) is 3.65. The van der Waals surface area contributed by atoms with Crippen molar-refractivity contribution in [3.63, 3.8) is 0 Å². The highest BCUT2D eigenvalue weighted by Crippen LogP contribution is 2.30. The zero-order chi connectivity index (χ0) is 19.5. The first kappa shape index (κ1) is 21.0. The van der Waals surface area contributed by atoms with Crippen LogP contribution in [0.1, 0.15) is 45.9 Å². The fourth-order valence-corrected chi connectivity index (χ4v) is 2.95. The van der Waals surface area contributed by atoms with Crippen LogP contribution in [-0.2, 0) is 6.42 Å². The van der Waals surface area contributed by atoms with Crippen molar-refractivity contribution in [2.24, 2.45) is 10.4 Å². The van der Waals surface area contributed by atoms with Crippen molar-refractivity contribution >= 4 is 5.96 Å². The molecule has 0 aliphatic carbocycles. The van der Waals surface area contributed by atoms with Gasteiger partial charge < -0.3 is 20.2 Å². The lowest BCUT2D eigenvalue weighted by Gasteiger charge is -2.29. The number of furan rings is 1.